The van der Waals surface area contributed by atoms with E-state index in [1.165, 1.54) is 22.7 Å². The monoisotopic (exact) mass is 334 g/mol. The number of rotatable bonds is 4. The molecule has 0 radical (unpaired) electrons. The average Bonchev–Trinajstić information content (AvgIpc) is 3.11. The molecule has 0 aliphatic rings. The van der Waals surface area contributed by atoms with Crippen LogP contribution in [0.25, 0.3) is 10.2 Å². The Bertz CT molecular complexity index is 894. The molecule has 0 aliphatic heterocycles. The van der Waals surface area contributed by atoms with Crippen molar-refractivity contribution < 1.29 is 4.79 Å². The van der Waals surface area contributed by atoms with Gasteiger partial charge in [-0.2, -0.15) is 0 Å². The molecule has 0 fully saturated rings. The lowest BCUT2D eigenvalue weighted by molar-refractivity contribution is 0.0947. The molecule has 3 aromatic heterocycles. The van der Waals surface area contributed by atoms with Crippen molar-refractivity contribution in [3.63, 3.8) is 0 Å². The summed E-state index contributed by atoms with van der Waals surface area (Å²) < 4.78 is 1.58. The standard InChI is InChI=1S/C14H14N4O2S2/c1-8-16-13-10(3-6-21-13)14(20)18(8)5-4-15-12(19)11-7-22-9(2)17-11/h3,6-7H,4-5H2,1-2H3,(H,15,19). The average molecular weight is 334 g/mol. The van der Waals surface area contributed by atoms with Crippen LogP contribution in [0.4, 0.5) is 0 Å². The van der Waals surface area contributed by atoms with Crippen LogP contribution in [0.15, 0.2) is 21.6 Å². The Balaban J connectivity index is 1.71. The number of fused-ring (bicyclic) bond motifs is 1. The van der Waals surface area contributed by atoms with Crippen LogP contribution in [-0.4, -0.2) is 27.0 Å². The van der Waals surface area contributed by atoms with Crippen LogP contribution in [0.1, 0.15) is 21.3 Å². The Morgan fingerprint density at radius 1 is 1.32 bits per heavy atom. The third-order valence-electron chi connectivity index (χ3n) is 3.25. The van der Waals surface area contributed by atoms with Crippen LogP contribution in [0, 0.1) is 13.8 Å². The van der Waals surface area contributed by atoms with Gasteiger partial charge < -0.3 is 5.32 Å². The van der Waals surface area contributed by atoms with Gasteiger partial charge in [-0.1, -0.05) is 0 Å². The molecule has 0 unspecified atom stereocenters. The number of thiophene rings is 1. The molecule has 3 heterocycles. The van der Waals surface area contributed by atoms with Gasteiger partial charge in [0.05, 0.1) is 10.4 Å². The molecule has 3 rings (SSSR count). The van der Waals surface area contributed by atoms with Crippen molar-refractivity contribution in [2.24, 2.45) is 0 Å². The molecule has 22 heavy (non-hydrogen) atoms. The molecule has 1 amide bonds. The number of aryl methyl sites for hydroxylation is 2. The van der Waals surface area contributed by atoms with Crippen LogP contribution in [0.3, 0.4) is 0 Å². The lowest BCUT2D eigenvalue weighted by atomic mass is 10.4. The first-order valence-corrected chi connectivity index (χ1v) is 8.47. The number of carbonyl (C=O) groups excluding carboxylic acids is 1. The zero-order valence-electron chi connectivity index (χ0n) is 12.1. The molecule has 0 bridgehead atoms. The van der Waals surface area contributed by atoms with Crippen LogP contribution in [-0.2, 0) is 6.54 Å². The zero-order chi connectivity index (χ0) is 15.7. The Labute approximate surface area is 134 Å². The first-order valence-electron chi connectivity index (χ1n) is 6.71. The lowest BCUT2D eigenvalue weighted by Crippen LogP contribution is -2.32. The summed E-state index contributed by atoms with van der Waals surface area (Å²) in [4.78, 5) is 33.6. The first kappa shape index (κ1) is 14.9. The fourth-order valence-electron chi connectivity index (χ4n) is 2.15. The second kappa shape index (κ2) is 5.98. The van der Waals surface area contributed by atoms with Gasteiger partial charge in [-0.15, -0.1) is 22.7 Å². The largest absolute Gasteiger partial charge is 0.349 e. The van der Waals surface area contributed by atoms with E-state index in [1.54, 1.807) is 22.9 Å². The minimum atomic E-state index is -0.223. The predicted molar refractivity (Wildman–Crippen MR) is 87.8 cm³/mol. The minimum absolute atomic E-state index is 0.0671. The molecule has 0 saturated carbocycles. The van der Waals surface area contributed by atoms with Gasteiger partial charge in [0.1, 0.15) is 16.3 Å². The Morgan fingerprint density at radius 2 is 2.14 bits per heavy atom. The smallest absolute Gasteiger partial charge is 0.270 e. The molecule has 0 atom stereocenters. The zero-order valence-corrected chi connectivity index (χ0v) is 13.8. The summed E-state index contributed by atoms with van der Waals surface area (Å²) in [5.74, 6) is 0.429. The van der Waals surface area contributed by atoms with Crippen molar-refractivity contribution in [3.8, 4) is 0 Å². The van der Waals surface area contributed by atoms with E-state index in [0.717, 1.165) is 9.84 Å². The van der Waals surface area contributed by atoms with Gasteiger partial charge >= 0.3 is 0 Å². The summed E-state index contributed by atoms with van der Waals surface area (Å²) >= 11 is 2.89. The topological polar surface area (TPSA) is 76.9 Å². The highest BCUT2D eigenvalue weighted by molar-refractivity contribution is 7.16. The van der Waals surface area contributed by atoms with Crippen molar-refractivity contribution in [1.82, 2.24) is 19.9 Å². The maximum absolute atomic E-state index is 12.4. The van der Waals surface area contributed by atoms with E-state index >= 15 is 0 Å². The number of hydrogen-bond donors (Lipinski definition) is 1. The molecule has 0 aliphatic carbocycles. The number of nitrogens with zero attached hydrogens (tertiary/aromatic N) is 3. The summed E-state index contributed by atoms with van der Waals surface area (Å²) in [5.41, 5.74) is 0.348. The molecule has 0 aromatic carbocycles. The van der Waals surface area contributed by atoms with Crippen molar-refractivity contribution in [1.29, 1.82) is 0 Å². The molecule has 1 N–H and O–H groups in total. The maximum Gasteiger partial charge on any atom is 0.270 e. The molecule has 8 heteroatoms. The number of amides is 1. The first-order chi connectivity index (χ1) is 10.6. The summed E-state index contributed by atoms with van der Waals surface area (Å²) in [7, 11) is 0. The van der Waals surface area contributed by atoms with Crippen molar-refractivity contribution in [2.45, 2.75) is 20.4 Å². The highest BCUT2D eigenvalue weighted by atomic mass is 32.1. The summed E-state index contributed by atoms with van der Waals surface area (Å²) in [5, 5.41) is 7.83. The van der Waals surface area contributed by atoms with Gasteiger partial charge in [0.15, 0.2) is 0 Å². The van der Waals surface area contributed by atoms with Crippen LogP contribution in [0.5, 0.6) is 0 Å². The van der Waals surface area contributed by atoms with Gasteiger partial charge in [0, 0.05) is 18.5 Å². The molecular formula is C14H14N4O2S2. The van der Waals surface area contributed by atoms with E-state index in [-0.39, 0.29) is 11.5 Å². The van der Waals surface area contributed by atoms with E-state index in [1.807, 2.05) is 12.3 Å². The van der Waals surface area contributed by atoms with Crippen molar-refractivity contribution in [2.75, 3.05) is 6.54 Å². The molecule has 6 nitrogen and oxygen atoms in total. The number of thiazole rings is 1. The summed E-state index contributed by atoms with van der Waals surface area (Å²) in [6, 6.07) is 1.78. The summed E-state index contributed by atoms with van der Waals surface area (Å²) in [6.07, 6.45) is 0. The molecule has 0 spiro atoms. The van der Waals surface area contributed by atoms with Gasteiger partial charge in [-0.05, 0) is 25.3 Å². The third-order valence-corrected chi connectivity index (χ3v) is 4.83. The van der Waals surface area contributed by atoms with E-state index in [9.17, 15) is 9.59 Å². The van der Waals surface area contributed by atoms with Gasteiger partial charge in [0.2, 0.25) is 0 Å². The van der Waals surface area contributed by atoms with Gasteiger partial charge in [-0.25, -0.2) is 9.97 Å². The SMILES string of the molecule is Cc1nc(C(=O)NCCn2c(C)nc3sccc3c2=O)cs1. The third kappa shape index (κ3) is 2.79. The van der Waals surface area contributed by atoms with Gasteiger partial charge in [0.25, 0.3) is 11.5 Å². The van der Waals surface area contributed by atoms with Crippen molar-refractivity contribution >= 4 is 38.8 Å². The molecular weight excluding hydrogens is 320 g/mol. The fraction of sp³-hybridized carbons (Fsp3) is 0.286. The Morgan fingerprint density at radius 3 is 2.86 bits per heavy atom. The van der Waals surface area contributed by atoms with Crippen molar-refractivity contribution in [3.05, 3.63) is 43.7 Å². The van der Waals surface area contributed by atoms with E-state index < -0.39 is 0 Å². The Hall–Kier alpha value is -2.06. The Kier molecular flexibility index (Phi) is 4.04. The second-order valence-electron chi connectivity index (χ2n) is 4.76. The van der Waals surface area contributed by atoms with E-state index in [0.29, 0.717) is 30.0 Å². The predicted octanol–water partition coefficient (Wildman–Crippen LogP) is 1.96. The number of hydrogen-bond acceptors (Lipinski definition) is 6. The summed E-state index contributed by atoms with van der Waals surface area (Å²) in [6.45, 7) is 4.39. The second-order valence-corrected chi connectivity index (χ2v) is 6.72. The molecule has 3 aromatic rings. The van der Waals surface area contributed by atoms with Crippen LogP contribution >= 0.6 is 22.7 Å². The highest BCUT2D eigenvalue weighted by Crippen LogP contribution is 2.14. The van der Waals surface area contributed by atoms with Gasteiger partial charge in [-0.3, -0.25) is 14.2 Å². The number of carbonyl (C=O) groups is 1. The number of nitrogens with one attached hydrogen (secondary N) is 1. The fourth-order valence-corrected chi connectivity index (χ4v) is 3.55. The molecule has 114 valence electrons. The normalized spacial score (nSPS) is 11.0. The maximum atomic E-state index is 12.4. The van der Waals surface area contributed by atoms with E-state index in [4.69, 9.17) is 0 Å². The van der Waals surface area contributed by atoms with Crippen LogP contribution < -0.4 is 10.9 Å². The highest BCUT2D eigenvalue weighted by Gasteiger charge is 2.11. The lowest BCUT2D eigenvalue weighted by Gasteiger charge is -2.09. The molecule has 0 saturated heterocycles. The quantitative estimate of drug-likeness (QED) is 0.791. The number of aromatic nitrogens is 3. The van der Waals surface area contributed by atoms with E-state index in [2.05, 4.69) is 15.3 Å². The minimum Gasteiger partial charge on any atom is -0.349 e. The van der Waals surface area contributed by atoms with Crippen LogP contribution in [0.2, 0.25) is 0 Å².